The monoisotopic (exact) mass is 286 g/mol. The summed E-state index contributed by atoms with van der Waals surface area (Å²) in [5.41, 5.74) is 7.31. The molecule has 7 heteroatoms. The SMILES string of the molecule is NCc1ccc(CN2CC(S(=O)(=O)F)CC2=O)cc1. The van der Waals surface area contributed by atoms with Gasteiger partial charge in [-0.1, -0.05) is 24.3 Å². The zero-order chi connectivity index (χ0) is 14.0. The van der Waals surface area contributed by atoms with Gasteiger partial charge in [0.15, 0.2) is 0 Å². The first-order valence-corrected chi connectivity index (χ1v) is 7.34. The van der Waals surface area contributed by atoms with Crippen molar-refractivity contribution in [3.05, 3.63) is 35.4 Å². The average molecular weight is 286 g/mol. The number of nitrogens with two attached hydrogens (primary N) is 1. The number of likely N-dealkylation sites (tertiary alicyclic amines) is 1. The van der Waals surface area contributed by atoms with E-state index in [1.165, 1.54) is 4.90 Å². The van der Waals surface area contributed by atoms with Gasteiger partial charge in [0.25, 0.3) is 0 Å². The second-order valence-electron chi connectivity index (χ2n) is 4.60. The molecule has 1 amide bonds. The number of nitrogens with zero attached hydrogens (tertiary/aromatic N) is 1. The summed E-state index contributed by atoms with van der Waals surface area (Å²) in [6.45, 7) is 0.636. The molecule has 1 fully saturated rings. The van der Waals surface area contributed by atoms with Crippen molar-refractivity contribution in [2.45, 2.75) is 24.8 Å². The molecule has 0 aliphatic carbocycles. The molecule has 104 valence electrons. The van der Waals surface area contributed by atoms with Gasteiger partial charge in [-0.3, -0.25) is 4.79 Å². The summed E-state index contributed by atoms with van der Waals surface area (Å²) < 4.78 is 34.5. The third-order valence-electron chi connectivity index (χ3n) is 3.21. The van der Waals surface area contributed by atoms with Crippen LogP contribution < -0.4 is 5.73 Å². The lowest BCUT2D eigenvalue weighted by atomic mass is 10.1. The van der Waals surface area contributed by atoms with E-state index in [4.69, 9.17) is 5.73 Å². The highest BCUT2D eigenvalue weighted by atomic mass is 32.3. The summed E-state index contributed by atoms with van der Waals surface area (Å²) in [5, 5.41) is -1.23. The molecule has 0 bridgehead atoms. The lowest BCUT2D eigenvalue weighted by molar-refractivity contribution is -0.128. The fraction of sp³-hybridized carbons (Fsp3) is 0.417. The maximum absolute atomic E-state index is 12.9. The standard InChI is InChI=1S/C12H15FN2O3S/c13-19(17,18)11-5-12(16)15(8-11)7-10-3-1-9(6-14)2-4-10/h1-4,11H,5-8,14H2. The fourth-order valence-corrected chi connectivity index (χ4v) is 2.78. The van der Waals surface area contributed by atoms with E-state index in [1.807, 2.05) is 24.3 Å². The Morgan fingerprint density at radius 3 is 2.32 bits per heavy atom. The third-order valence-corrected chi connectivity index (χ3v) is 4.32. The Balaban J connectivity index is 2.05. The summed E-state index contributed by atoms with van der Waals surface area (Å²) in [5.74, 6) is -0.339. The van der Waals surface area contributed by atoms with Crippen LogP contribution in [0.3, 0.4) is 0 Å². The molecule has 2 rings (SSSR count). The highest BCUT2D eigenvalue weighted by molar-refractivity contribution is 7.87. The Kier molecular flexibility index (Phi) is 3.86. The molecule has 5 nitrogen and oxygen atoms in total. The number of carbonyl (C=O) groups is 1. The zero-order valence-electron chi connectivity index (χ0n) is 10.3. The van der Waals surface area contributed by atoms with Gasteiger partial charge in [0, 0.05) is 26.1 Å². The van der Waals surface area contributed by atoms with Crippen molar-refractivity contribution < 1.29 is 17.1 Å². The third kappa shape index (κ3) is 3.30. The Bertz CT molecular complexity index is 571. The lowest BCUT2D eigenvalue weighted by Gasteiger charge is -2.16. The van der Waals surface area contributed by atoms with Crippen LogP contribution in [0.25, 0.3) is 0 Å². The largest absolute Gasteiger partial charge is 0.337 e. The van der Waals surface area contributed by atoms with Crippen molar-refractivity contribution in [1.29, 1.82) is 0 Å². The van der Waals surface area contributed by atoms with Crippen LogP contribution in [0, 0.1) is 0 Å². The molecule has 1 aromatic rings. The minimum atomic E-state index is -4.65. The minimum Gasteiger partial charge on any atom is -0.337 e. The van der Waals surface area contributed by atoms with Crippen LogP contribution in [0.1, 0.15) is 17.5 Å². The summed E-state index contributed by atoms with van der Waals surface area (Å²) in [4.78, 5) is 13.0. The van der Waals surface area contributed by atoms with Crippen LogP contribution in [0.2, 0.25) is 0 Å². The first kappa shape index (κ1) is 14.0. The maximum atomic E-state index is 12.9. The van der Waals surface area contributed by atoms with Gasteiger partial charge in [-0.05, 0) is 11.1 Å². The molecule has 1 aliphatic rings. The molecule has 0 saturated carbocycles. The highest BCUT2D eigenvalue weighted by Gasteiger charge is 2.38. The first-order chi connectivity index (χ1) is 8.90. The van der Waals surface area contributed by atoms with E-state index >= 15 is 0 Å². The molecular weight excluding hydrogens is 271 g/mol. The minimum absolute atomic E-state index is 0.0870. The predicted octanol–water partition coefficient (Wildman–Crippen LogP) is 0.545. The van der Waals surface area contributed by atoms with E-state index in [9.17, 15) is 17.1 Å². The number of hydrogen-bond acceptors (Lipinski definition) is 4. The van der Waals surface area contributed by atoms with Crippen LogP contribution in [-0.4, -0.2) is 31.0 Å². The fourth-order valence-electron chi connectivity index (χ4n) is 2.08. The summed E-state index contributed by atoms with van der Waals surface area (Å²) in [7, 11) is -4.65. The zero-order valence-corrected chi connectivity index (χ0v) is 11.1. The number of halogens is 1. The van der Waals surface area contributed by atoms with Crippen molar-refractivity contribution >= 4 is 16.1 Å². The molecule has 0 spiro atoms. The Hall–Kier alpha value is -1.47. The van der Waals surface area contributed by atoms with Crippen molar-refractivity contribution in [2.75, 3.05) is 6.54 Å². The van der Waals surface area contributed by atoms with Gasteiger partial charge in [0.1, 0.15) is 5.25 Å². The van der Waals surface area contributed by atoms with Crippen molar-refractivity contribution in [3.63, 3.8) is 0 Å². The molecule has 19 heavy (non-hydrogen) atoms. The molecule has 0 aromatic heterocycles. The number of carbonyl (C=O) groups excluding carboxylic acids is 1. The molecule has 1 heterocycles. The summed E-state index contributed by atoms with van der Waals surface area (Å²) in [6, 6.07) is 7.35. The smallest absolute Gasteiger partial charge is 0.307 e. The van der Waals surface area contributed by atoms with Gasteiger partial charge in [-0.25, -0.2) is 0 Å². The van der Waals surface area contributed by atoms with E-state index in [0.29, 0.717) is 6.54 Å². The second-order valence-corrected chi connectivity index (χ2v) is 6.21. The van der Waals surface area contributed by atoms with Gasteiger partial charge >= 0.3 is 10.2 Å². The predicted molar refractivity (Wildman–Crippen MR) is 68.2 cm³/mol. The van der Waals surface area contributed by atoms with E-state index in [2.05, 4.69) is 0 Å². The first-order valence-electron chi connectivity index (χ1n) is 5.89. The summed E-state index contributed by atoms with van der Waals surface area (Å²) in [6.07, 6.45) is -0.278. The second kappa shape index (κ2) is 5.26. The van der Waals surface area contributed by atoms with Gasteiger partial charge in [-0.2, -0.15) is 8.42 Å². The van der Waals surface area contributed by atoms with Crippen LogP contribution in [0.5, 0.6) is 0 Å². The number of benzene rings is 1. The quantitative estimate of drug-likeness (QED) is 0.819. The van der Waals surface area contributed by atoms with Crippen molar-refractivity contribution in [1.82, 2.24) is 4.90 Å². The van der Waals surface area contributed by atoms with E-state index in [0.717, 1.165) is 11.1 Å². The Morgan fingerprint density at radius 1 is 1.26 bits per heavy atom. The van der Waals surface area contributed by atoms with Gasteiger partial charge in [0.2, 0.25) is 5.91 Å². The molecule has 1 unspecified atom stereocenters. The average Bonchev–Trinajstić information content (AvgIpc) is 2.72. The molecule has 1 aromatic carbocycles. The van der Waals surface area contributed by atoms with E-state index in [-0.39, 0.29) is 25.4 Å². The summed E-state index contributed by atoms with van der Waals surface area (Å²) >= 11 is 0. The molecule has 0 radical (unpaired) electrons. The lowest BCUT2D eigenvalue weighted by Crippen LogP contribution is -2.26. The van der Waals surface area contributed by atoms with Crippen LogP contribution in [0.15, 0.2) is 24.3 Å². The van der Waals surface area contributed by atoms with E-state index in [1.54, 1.807) is 0 Å². The Labute approximate surface area is 111 Å². The van der Waals surface area contributed by atoms with Crippen LogP contribution in [-0.2, 0) is 28.1 Å². The van der Waals surface area contributed by atoms with Crippen molar-refractivity contribution in [2.24, 2.45) is 5.73 Å². The maximum Gasteiger partial charge on any atom is 0.307 e. The number of amides is 1. The van der Waals surface area contributed by atoms with Gasteiger partial charge < -0.3 is 10.6 Å². The molecule has 1 aliphatic heterocycles. The van der Waals surface area contributed by atoms with Crippen molar-refractivity contribution in [3.8, 4) is 0 Å². The topological polar surface area (TPSA) is 80.5 Å². The molecule has 2 N–H and O–H groups in total. The van der Waals surface area contributed by atoms with Crippen LogP contribution in [0.4, 0.5) is 3.89 Å². The normalized spacial score (nSPS) is 20.0. The highest BCUT2D eigenvalue weighted by Crippen LogP contribution is 2.21. The van der Waals surface area contributed by atoms with Crippen LogP contribution >= 0.6 is 0 Å². The Morgan fingerprint density at radius 2 is 1.84 bits per heavy atom. The molecule has 1 atom stereocenters. The number of rotatable bonds is 4. The number of hydrogen-bond donors (Lipinski definition) is 1. The van der Waals surface area contributed by atoms with Gasteiger partial charge in [0.05, 0.1) is 0 Å². The van der Waals surface area contributed by atoms with E-state index < -0.39 is 15.5 Å². The molecular formula is C12H15FN2O3S. The molecule has 1 saturated heterocycles. The van der Waals surface area contributed by atoms with Gasteiger partial charge in [-0.15, -0.1) is 3.89 Å².